The van der Waals surface area contributed by atoms with E-state index >= 15 is 0 Å². The summed E-state index contributed by atoms with van der Waals surface area (Å²) in [5, 5.41) is 31.5. The van der Waals surface area contributed by atoms with E-state index < -0.39 is 42.5 Å². The molecule has 0 aromatic heterocycles. The first-order valence-corrected chi connectivity index (χ1v) is 10.2. The number of carboxylic acids is 1. The Morgan fingerprint density at radius 2 is 2.00 bits per heavy atom. The van der Waals surface area contributed by atoms with E-state index in [2.05, 4.69) is 5.32 Å². The number of allylic oxidation sites excluding steroid dienone is 2. The average molecular weight is 442 g/mol. The number of hydrogen-bond donors (Lipinski definition) is 6. The topological polar surface area (TPSA) is 176 Å². The zero-order chi connectivity index (χ0) is 22.4. The molecule has 2 aliphatic carbocycles. The van der Waals surface area contributed by atoms with Gasteiger partial charge in [-0.25, -0.2) is 4.79 Å². The van der Waals surface area contributed by atoms with Gasteiger partial charge in [0.25, 0.3) is 5.91 Å². The van der Waals surface area contributed by atoms with Crippen molar-refractivity contribution in [3.05, 3.63) is 34.0 Å². The van der Waals surface area contributed by atoms with Gasteiger partial charge in [-0.05, 0) is 50.0 Å². The summed E-state index contributed by atoms with van der Waals surface area (Å²) in [4.78, 5) is 34.7. The number of aliphatic carboxylic acids is 1. The summed E-state index contributed by atoms with van der Waals surface area (Å²) in [6.07, 6.45) is 5.27. The average Bonchev–Trinajstić information content (AvgIpc) is 2.64. The number of rotatable bonds is 9. The third kappa shape index (κ3) is 6.58. The first-order chi connectivity index (χ1) is 14.1. The Bertz CT molecular complexity index is 791. The van der Waals surface area contributed by atoms with Crippen LogP contribution in [0.25, 0.3) is 0 Å². The van der Waals surface area contributed by atoms with Crippen LogP contribution in [-0.4, -0.2) is 51.4 Å². The van der Waals surface area contributed by atoms with Crippen LogP contribution in [0.15, 0.2) is 34.0 Å². The third-order valence-corrected chi connectivity index (χ3v) is 5.59. The van der Waals surface area contributed by atoms with Crippen molar-refractivity contribution in [1.82, 2.24) is 5.32 Å². The number of nitrogens with two attached hydrogens (primary N) is 2. The zero-order valence-electron chi connectivity index (χ0n) is 16.5. The highest BCUT2D eigenvalue weighted by Gasteiger charge is 2.29. The second-order valence-electron chi connectivity index (χ2n) is 7.71. The van der Waals surface area contributed by atoms with E-state index in [0.717, 1.165) is 18.4 Å². The molecule has 0 spiro atoms. The van der Waals surface area contributed by atoms with Crippen LogP contribution in [0, 0.1) is 5.92 Å². The minimum Gasteiger partial charge on any atom is -0.480 e. The molecule has 3 unspecified atom stereocenters. The first-order valence-electron chi connectivity index (χ1n) is 9.83. The Morgan fingerprint density at radius 3 is 2.57 bits per heavy atom. The lowest BCUT2D eigenvalue weighted by Crippen LogP contribution is -2.44. The number of hydrogen-bond acceptors (Lipinski definition) is 6. The minimum absolute atomic E-state index is 0.0257. The molecule has 2 rings (SSSR count). The van der Waals surface area contributed by atoms with E-state index in [0.29, 0.717) is 25.7 Å². The van der Waals surface area contributed by atoms with Crippen molar-refractivity contribution in [2.75, 3.05) is 0 Å². The lowest BCUT2D eigenvalue weighted by molar-refractivity contribution is -0.142. The van der Waals surface area contributed by atoms with Gasteiger partial charge in [-0.3, -0.25) is 9.59 Å². The summed E-state index contributed by atoms with van der Waals surface area (Å²) in [5.74, 6) is -3.15. The molecule has 4 atom stereocenters. The largest absolute Gasteiger partial charge is 0.480 e. The van der Waals surface area contributed by atoms with Crippen LogP contribution < -0.4 is 16.8 Å². The van der Waals surface area contributed by atoms with Crippen LogP contribution in [0.3, 0.4) is 0 Å². The smallest absolute Gasteiger partial charge is 0.326 e. The molecule has 2 aliphatic rings. The fraction of sp³-hybridized carbons (Fsp3) is 0.550. The van der Waals surface area contributed by atoms with Gasteiger partial charge < -0.3 is 32.1 Å². The van der Waals surface area contributed by atoms with Crippen LogP contribution >= 0.6 is 11.6 Å². The summed E-state index contributed by atoms with van der Waals surface area (Å²) in [5.41, 5.74) is 12.0. The number of carboxylic acid groups (broad SMARTS) is 1. The molecule has 0 fully saturated rings. The van der Waals surface area contributed by atoms with Crippen molar-refractivity contribution in [3.8, 4) is 0 Å². The van der Waals surface area contributed by atoms with Crippen LogP contribution in [0.2, 0.25) is 0 Å². The number of primary amides is 1. The Balaban J connectivity index is 1.98. The SMILES string of the molecule is NC(=O)C[C@H](NC(=O)C1=C(N)CC(CCC(O)C2=CC(O)CCC2)C=C1Cl)C(=O)O. The molecule has 0 bridgehead atoms. The van der Waals surface area contributed by atoms with Gasteiger partial charge in [0.15, 0.2) is 0 Å². The quantitative estimate of drug-likeness (QED) is 0.280. The monoisotopic (exact) mass is 441 g/mol. The van der Waals surface area contributed by atoms with Crippen molar-refractivity contribution < 1.29 is 29.7 Å². The van der Waals surface area contributed by atoms with Gasteiger partial charge >= 0.3 is 5.97 Å². The molecular weight excluding hydrogens is 414 g/mol. The summed E-state index contributed by atoms with van der Waals surface area (Å²) < 4.78 is 0. The molecule has 10 heteroatoms. The molecule has 0 aliphatic heterocycles. The van der Waals surface area contributed by atoms with E-state index in [4.69, 9.17) is 28.2 Å². The summed E-state index contributed by atoms with van der Waals surface area (Å²) in [6.45, 7) is 0. The van der Waals surface area contributed by atoms with Crippen LogP contribution in [-0.2, 0) is 14.4 Å². The Labute approximate surface area is 179 Å². The van der Waals surface area contributed by atoms with Crippen molar-refractivity contribution in [2.24, 2.45) is 17.4 Å². The minimum atomic E-state index is -1.48. The van der Waals surface area contributed by atoms with E-state index in [1.807, 2.05) is 0 Å². The standard InChI is InChI=1S/C20H28ClN3O6/c21-13-6-10(4-5-16(26)11-2-1-3-12(25)8-11)7-14(22)18(13)19(28)24-15(20(29)30)9-17(23)27/h6,8,10,12,15-16,25-26H,1-5,7,9,22H2,(H2,23,27)(H,24,28)(H,29,30)/t10?,12?,15-,16?/m0/s1. The Hall–Kier alpha value is -2.36. The fourth-order valence-electron chi connectivity index (χ4n) is 3.72. The maximum atomic E-state index is 12.5. The maximum absolute atomic E-state index is 12.5. The molecule has 166 valence electrons. The van der Waals surface area contributed by atoms with E-state index in [9.17, 15) is 24.6 Å². The van der Waals surface area contributed by atoms with Crippen molar-refractivity contribution in [2.45, 2.75) is 63.2 Å². The second-order valence-corrected chi connectivity index (χ2v) is 8.12. The van der Waals surface area contributed by atoms with Gasteiger partial charge in [0.05, 0.1) is 29.2 Å². The van der Waals surface area contributed by atoms with Crippen LogP contribution in [0.1, 0.15) is 44.9 Å². The van der Waals surface area contributed by atoms with E-state index in [1.54, 1.807) is 12.2 Å². The molecule has 0 saturated carbocycles. The fourth-order valence-corrected chi connectivity index (χ4v) is 4.11. The summed E-state index contributed by atoms with van der Waals surface area (Å²) >= 11 is 6.24. The Kier molecular flexibility index (Phi) is 8.45. The number of aliphatic hydroxyl groups excluding tert-OH is 2. The lowest BCUT2D eigenvalue weighted by Gasteiger charge is -2.25. The highest BCUT2D eigenvalue weighted by atomic mass is 35.5. The number of nitrogens with one attached hydrogen (secondary N) is 1. The van der Waals surface area contributed by atoms with E-state index in [1.165, 1.54) is 0 Å². The molecule has 9 nitrogen and oxygen atoms in total. The second kappa shape index (κ2) is 10.6. The van der Waals surface area contributed by atoms with Gasteiger partial charge in [0.1, 0.15) is 6.04 Å². The van der Waals surface area contributed by atoms with Crippen molar-refractivity contribution >= 4 is 29.4 Å². The summed E-state index contributed by atoms with van der Waals surface area (Å²) in [6, 6.07) is -1.48. The molecule has 2 amide bonds. The maximum Gasteiger partial charge on any atom is 0.326 e. The van der Waals surface area contributed by atoms with E-state index in [-0.39, 0.29) is 22.2 Å². The predicted octanol–water partition coefficient (Wildman–Crippen LogP) is 0.399. The highest BCUT2D eigenvalue weighted by molar-refractivity contribution is 6.35. The first kappa shape index (κ1) is 23.9. The van der Waals surface area contributed by atoms with Gasteiger partial charge in [-0.2, -0.15) is 0 Å². The lowest BCUT2D eigenvalue weighted by atomic mass is 9.86. The van der Waals surface area contributed by atoms with Crippen LogP contribution in [0.5, 0.6) is 0 Å². The number of aliphatic hydroxyl groups is 2. The molecule has 0 aromatic carbocycles. The zero-order valence-corrected chi connectivity index (χ0v) is 17.3. The van der Waals surface area contributed by atoms with Gasteiger partial charge in [-0.1, -0.05) is 23.8 Å². The normalized spacial score (nSPS) is 23.8. The Morgan fingerprint density at radius 1 is 1.30 bits per heavy atom. The predicted molar refractivity (Wildman–Crippen MR) is 110 cm³/mol. The molecular formula is C20H28ClN3O6. The van der Waals surface area contributed by atoms with Gasteiger partial charge in [0.2, 0.25) is 5.91 Å². The summed E-state index contributed by atoms with van der Waals surface area (Å²) in [7, 11) is 0. The van der Waals surface area contributed by atoms with Gasteiger partial charge in [-0.15, -0.1) is 0 Å². The molecule has 0 heterocycles. The number of amides is 2. The third-order valence-electron chi connectivity index (χ3n) is 5.27. The molecule has 0 saturated heterocycles. The van der Waals surface area contributed by atoms with Crippen molar-refractivity contribution in [3.63, 3.8) is 0 Å². The molecule has 30 heavy (non-hydrogen) atoms. The number of carbonyl (C=O) groups is 3. The number of halogens is 1. The van der Waals surface area contributed by atoms with Crippen LogP contribution in [0.4, 0.5) is 0 Å². The highest BCUT2D eigenvalue weighted by Crippen LogP contribution is 2.33. The molecule has 0 radical (unpaired) electrons. The number of carbonyl (C=O) groups excluding carboxylic acids is 2. The van der Waals surface area contributed by atoms with Crippen molar-refractivity contribution in [1.29, 1.82) is 0 Å². The molecule has 0 aromatic rings. The molecule has 8 N–H and O–H groups in total. The van der Waals surface area contributed by atoms with Gasteiger partial charge in [0, 0.05) is 5.70 Å².